The smallest absolute Gasteiger partial charge is 0.0665 e. The lowest BCUT2D eigenvalue weighted by atomic mass is 10.2. The van der Waals surface area contributed by atoms with Crippen LogP contribution in [0.25, 0.3) is 0 Å². The van der Waals surface area contributed by atoms with Gasteiger partial charge in [-0.3, -0.25) is 14.0 Å². The minimum Gasteiger partial charge on any atom is -0.270 e. The highest BCUT2D eigenvalue weighted by Gasteiger charge is 2.44. The molecule has 4 fully saturated rings. The number of halogens is 1. The van der Waals surface area contributed by atoms with Crippen molar-refractivity contribution >= 4 is 26.9 Å². The van der Waals surface area contributed by atoms with Crippen molar-refractivity contribution in [2.75, 3.05) is 39.3 Å². The number of piperidine rings is 3. The van der Waals surface area contributed by atoms with Crippen molar-refractivity contribution in [3.8, 4) is 0 Å². The van der Waals surface area contributed by atoms with Gasteiger partial charge in [0.1, 0.15) is 0 Å². The van der Waals surface area contributed by atoms with Gasteiger partial charge in [0.05, 0.1) is 7.43 Å². The largest absolute Gasteiger partial charge is 0.270 e. The maximum atomic E-state index is 7.25. The van der Waals surface area contributed by atoms with Crippen LogP contribution >= 0.6 is 26.9 Å². The van der Waals surface area contributed by atoms with Gasteiger partial charge in [-0.2, -0.15) is 0 Å². The fourth-order valence-electron chi connectivity index (χ4n) is 5.48. The molecule has 1 aliphatic carbocycles. The Bertz CT molecular complexity index is 405. The Balaban J connectivity index is 1.50. The van der Waals surface area contributed by atoms with Gasteiger partial charge >= 0.3 is 0 Å². The van der Waals surface area contributed by atoms with Crippen LogP contribution < -0.4 is 0 Å². The van der Waals surface area contributed by atoms with E-state index in [1.807, 2.05) is 0 Å². The number of hydrogen-bond donors (Lipinski definition) is 0. The van der Waals surface area contributed by atoms with E-state index in [2.05, 4.69) is 14.0 Å². The van der Waals surface area contributed by atoms with E-state index < -0.39 is 7.43 Å². The molecule has 3 aliphatic heterocycles. The quantitative estimate of drug-likeness (QED) is 0.491. The Morgan fingerprint density at radius 2 is 0.923 bits per heavy atom. The number of nitrogens with zero attached hydrogens (tertiary/aromatic N) is 3. The molecule has 0 aromatic heterocycles. The van der Waals surface area contributed by atoms with Crippen LogP contribution in [0.1, 0.15) is 77.0 Å². The van der Waals surface area contributed by atoms with Gasteiger partial charge in [0.15, 0.2) is 0 Å². The van der Waals surface area contributed by atoms with Gasteiger partial charge in [0, 0.05) is 58.8 Å². The topological polar surface area (TPSA) is 9.72 Å². The molecule has 4 rings (SSSR count). The first-order chi connectivity index (χ1) is 12.8. The first-order valence-corrected chi connectivity index (χ1v) is 14.9. The summed E-state index contributed by atoms with van der Waals surface area (Å²) in [6.45, 7) is 7.96. The Morgan fingerprint density at radius 3 is 1.42 bits per heavy atom. The van der Waals surface area contributed by atoms with Crippen molar-refractivity contribution in [2.24, 2.45) is 0 Å². The summed E-state index contributed by atoms with van der Waals surface area (Å²) in [6.07, 6.45) is 17.0. The van der Waals surface area contributed by atoms with Crippen molar-refractivity contribution in [3.05, 3.63) is 0 Å². The van der Waals surface area contributed by atoms with Crippen molar-refractivity contribution in [3.63, 3.8) is 0 Å². The zero-order valence-electron chi connectivity index (χ0n) is 16.5. The van der Waals surface area contributed by atoms with Crippen LogP contribution in [0.5, 0.6) is 0 Å². The number of rotatable bonds is 5. The molecule has 0 aromatic carbocycles. The summed E-state index contributed by atoms with van der Waals surface area (Å²) in [5.41, 5.74) is 1.67. The van der Waals surface area contributed by atoms with Gasteiger partial charge in [0.25, 0.3) is 0 Å². The normalized spacial score (nSPS) is 34.4. The predicted octanol–water partition coefficient (Wildman–Crippen LogP) is 6.23. The van der Waals surface area contributed by atoms with E-state index in [4.69, 9.17) is 11.2 Å². The van der Waals surface area contributed by atoms with E-state index in [9.17, 15) is 0 Å². The summed E-state index contributed by atoms with van der Waals surface area (Å²) in [4.78, 5) is 0. The molecule has 0 bridgehead atoms. The van der Waals surface area contributed by atoms with Crippen LogP contribution in [0.4, 0.5) is 0 Å². The highest BCUT2D eigenvalue weighted by atomic mass is 35.7. The summed E-state index contributed by atoms with van der Waals surface area (Å²) in [7, 11) is -0.564. The molecule has 0 aromatic rings. The maximum absolute atomic E-state index is 7.25. The van der Waals surface area contributed by atoms with Gasteiger partial charge in [-0.05, 0) is 51.4 Å². The minimum atomic E-state index is -0.445. The van der Waals surface area contributed by atoms with Crippen LogP contribution in [0.3, 0.4) is 0 Å². The highest BCUT2D eigenvalue weighted by molar-refractivity contribution is 7.83. The van der Waals surface area contributed by atoms with Crippen LogP contribution in [0, 0.1) is 0 Å². The standard InChI is InChI=1S/C20H38ClN3P2/c21-25(22-13-4-1-5-14-22)19-11-10-12-20(19)26(23-15-6-2-7-16-23)24-17-8-3-9-18-24/h19-20H,1-18H2. The molecule has 4 aliphatic rings. The molecule has 26 heavy (non-hydrogen) atoms. The van der Waals surface area contributed by atoms with E-state index in [0.29, 0.717) is 0 Å². The Labute approximate surface area is 168 Å². The van der Waals surface area contributed by atoms with E-state index in [1.165, 1.54) is 116 Å². The molecule has 3 saturated heterocycles. The summed E-state index contributed by atoms with van der Waals surface area (Å²) >= 11 is 7.25. The fourth-order valence-corrected chi connectivity index (χ4v) is 13.0. The van der Waals surface area contributed by atoms with Gasteiger partial charge in [0.2, 0.25) is 0 Å². The molecule has 0 amide bonds. The second kappa shape index (κ2) is 10.2. The molecule has 0 spiro atoms. The van der Waals surface area contributed by atoms with Gasteiger partial charge in [-0.25, -0.2) is 0 Å². The molecule has 150 valence electrons. The zero-order chi connectivity index (χ0) is 17.8. The monoisotopic (exact) mass is 417 g/mol. The zero-order valence-corrected chi connectivity index (χ0v) is 19.0. The third-order valence-electron chi connectivity index (χ3n) is 6.86. The van der Waals surface area contributed by atoms with E-state index in [0.717, 1.165) is 11.3 Å². The first kappa shape index (κ1) is 20.3. The Morgan fingerprint density at radius 1 is 0.500 bits per heavy atom. The number of hydrogen-bond acceptors (Lipinski definition) is 3. The minimum absolute atomic E-state index is 0.119. The fraction of sp³-hybridized carbons (Fsp3) is 1.00. The summed E-state index contributed by atoms with van der Waals surface area (Å²) in [5.74, 6) is 0. The van der Waals surface area contributed by atoms with Crippen LogP contribution in [-0.2, 0) is 0 Å². The second-order valence-electron chi connectivity index (χ2n) is 8.72. The average molecular weight is 418 g/mol. The van der Waals surface area contributed by atoms with Gasteiger partial charge < -0.3 is 0 Å². The van der Waals surface area contributed by atoms with E-state index in [-0.39, 0.29) is 8.22 Å². The maximum Gasteiger partial charge on any atom is 0.0665 e. The summed E-state index contributed by atoms with van der Waals surface area (Å²) < 4.78 is 8.59. The first-order valence-electron chi connectivity index (χ1n) is 11.3. The molecular weight excluding hydrogens is 380 g/mol. The van der Waals surface area contributed by atoms with Crippen LogP contribution in [-0.4, -0.2) is 64.6 Å². The lowest BCUT2D eigenvalue weighted by molar-refractivity contribution is 0.305. The Kier molecular flexibility index (Phi) is 7.95. The highest BCUT2D eigenvalue weighted by Crippen LogP contribution is 2.65. The van der Waals surface area contributed by atoms with Gasteiger partial charge in [-0.1, -0.05) is 36.9 Å². The molecule has 0 N–H and O–H groups in total. The predicted molar refractivity (Wildman–Crippen MR) is 117 cm³/mol. The third-order valence-corrected chi connectivity index (χ3v) is 13.8. The molecule has 3 atom stereocenters. The summed E-state index contributed by atoms with van der Waals surface area (Å²) in [5, 5.41) is 0. The molecule has 0 radical (unpaired) electrons. The summed E-state index contributed by atoms with van der Waals surface area (Å²) in [6, 6.07) is 0. The lowest BCUT2D eigenvalue weighted by Gasteiger charge is -2.48. The van der Waals surface area contributed by atoms with Crippen molar-refractivity contribution in [1.82, 2.24) is 14.0 Å². The second-order valence-corrected chi connectivity index (χ2v) is 14.0. The van der Waals surface area contributed by atoms with Crippen molar-refractivity contribution in [2.45, 2.75) is 88.4 Å². The Hall–Kier alpha value is 1.03. The van der Waals surface area contributed by atoms with Crippen LogP contribution in [0.15, 0.2) is 0 Å². The van der Waals surface area contributed by atoms with E-state index >= 15 is 0 Å². The third kappa shape index (κ3) is 4.77. The molecule has 6 heteroatoms. The molecule has 1 saturated carbocycles. The van der Waals surface area contributed by atoms with E-state index in [1.54, 1.807) is 0 Å². The van der Waals surface area contributed by atoms with Gasteiger partial charge in [-0.15, -0.1) is 0 Å². The lowest BCUT2D eigenvalue weighted by Crippen LogP contribution is -2.41. The molecule has 3 heterocycles. The van der Waals surface area contributed by atoms with Crippen LogP contribution in [0.2, 0.25) is 0 Å². The average Bonchev–Trinajstić information content (AvgIpc) is 3.19. The van der Waals surface area contributed by atoms with Crippen molar-refractivity contribution in [1.29, 1.82) is 0 Å². The molecule has 3 nitrogen and oxygen atoms in total. The molecule has 3 unspecified atom stereocenters. The SMILES string of the molecule is ClP(C1CCCC1P(N1CCCCC1)N1CCCCC1)N1CCCCC1. The molecular formula is C20H38ClN3P2. The van der Waals surface area contributed by atoms with Crippen molar-refractivity contribution < 1.29 is 0 Å².